The van der Waals surface area contributed by atoms with Crippen LogP contribution in [-0.2, 0) is 6.42 Å². The van der Waals surface area contributed by atoms with Crippen molar-refractivity contribution >= 4 is 0 Å². The van der Waals surface area contributed by atoms with E-state index in [1.54, 1.807) is 18.2 Å². The van der Waals surface area contributed by atoms with E-state index >= 15 is 0 Å². The molecule has 0 saturated heterocycles. The molecule has 1 aromatic rings. The Morgan fingerprint density at radius 2 is 2.50 bits per heavy atom. The molecule has 0 amide bonds. The van der Waals surface area contributed by atoms with Crippen molar-refractivity contribution in [3.63, 3.8) is 0 Å². The number of hydrogen-bond donors (Lipinski definition) is 1. The van der Waals surface area contributed by atoms with Crippen molar-refractivity contribution in [3.8, 4) is 5.75 Å². The maximum Gasteiger partial charge on any atom is 0.115 e. The van der Waals surface area contributed by atoms with Crippen LogP contribution < -0.4 is 0 Å². The lowest BCUT2D eigenvalue weighted by atomic mass is 10.1. The molecule has 0 saturated carbocycles. The standard InChI is InChI=1S/C8H9N3O.3H2/c9-11-10-5-4-7-2-1-3-8(12)6-7;;;/h1-3,6,12H,4-5H2;3*1H/i;3*1+1D. The first-order valence-electron chi connectivity index (χ1n) is 6.61. The second-order valence-corrected chi connectivity index (χ2v) is 2.37. The Hall–Kier alpha value is -1.67. The third-order valence-electron chi connectivity index (χ3n) is 1.47. The van der Waals surface area contributed by atoms with Crippen molar-refractivity contribution in [2.75, 3.05) is 6.54 Å². The van der Waals surface area contributed by atoms with Crippen molar-refractivity contribution in [2.45, 2.75) is 6.42 Å². The second kappa shape index (κ2) is 4.26. The first-order chi connectivity index (χ1) is 8.83. The van der Waals surface area contributed by atoms with Crippen molar-refractivity contribution in [3.05, 3.63) is 40.3 Å². The third kappa shape index (κ3) is 2.52. The molecule has 0 aliphatic heterocycles. The Balaban J connectivity index is -0.000000328. The largest absolute Gasteiger partial charge is 0.508 e. The topological polar surface area (TPSA) is 69.0 Å². The molecule has 68 valence electrons. The van der Waals surface area contributed by atoms with Gasteiger partial charge in [0.1, 0.15) is 5.75 Å². The molecule has 12 heavy (non-hydrogen) atoms. The van der Waals surface area contributed by atoms with Gasteiger partial charge < -0.3 is 5.11 Å². The highest BCUT2D eigenvalue weighted by atomic mass is 16.3. The van der Waals surface area contributed by atoms with Gasteiger partial charge in [-0.25, -0.2) is 0 Å². The normalized spacial score (nSPS) is 11.0. The van der Waals surface area contributed by atoms with Gasteiger partial charge in [0.25, 0.3) is 0 Å². The lowest BCUT2D eigenvalue weighted by molar-refractivity contribution is 0.474. The average Bonchev–Trinajstić information content (AvgIpc) is 2.46. The number of benzene rings is 1. The minimum Gasteiger partial charge on any atom is -0.508 e. The molecule has 0 aliphatic rings. The summed E-state index contributed by atoms with van der Waals surface area (Å²) in [5.74, 6) is 0.244. The number of phenolic OH excluding ortho intramolecular Hbond substituents is 1. The summed E-state index contributed by atoms with van der Waals surface area (Å²) in [5, 5.41) is 12.5. The molecule has 0 heterocycles. The van der Waals surface area contributed by atoms with E-state index in [1.165, 1.54) is 0 Å². The summed E-state index contributed by atoms with van der Waals surface area (Å²) < 4.78 is 30.0. The summed E-state index contributed by atoms with van der Waals surface area (Å²) in [6.07, 6.45) is 0.665. The summed E-state index contributed by atoms with van der Waals surface area (Å²) in [6.45, 7) is 0.431. The maximum atomic E-state index is 9.07. The number of azide groups is 1. The molecule has 0 unspecified atom stereocenters. The summed E-state index contributed by atoms with van der Waals surface area (Å²) in [4.78, 5) is 2.64. The Labute approximate surface area is 79.3 Å². The molecule has 0 atom stereocenters. The molecule has 1 rings (SSSR count). The minimum absolute atomic E-state index is 0.244. The van der Waals surface area contributed by atoms with Gasteiger partial charge in [0.15, 0.2) is 0 Å². The fraction of sp³-hybridized carbons (Fsp3) is 0.250. The summed E-state index contributed by atoms with van der Waals surface area (Å²) in [7, 11) is 0. The molecule has 4 nitrogen and oxygen atoms in total. The van der Waals surface area contributed by atoms with Crippen LogP contribution >= 0.6 is 0 Å². The van der Waals surface area contributed by atoms with E-state index in [0.29, 0.717) is 13.0 Å². The van der Waals surface area contributed by atoms with Gasteiger partial charge in [0, 0.05) is 20.4 Å². The van der Waals surface area contributed by atoms with Crippen molar-refractivity contribution in [1.29, 1.82) is 0 Å². The summed E-state index contributed by atoms with van der Waals surface area (Å²) >= 11 is 0. The van der Waals surface area contributed by atoms with Crippen LogP contribution in [-0.4, -0.2) is 11.7 Å². The van der Waals surface area contributed by atoms with Crippen LogP contribution in [0, 0.1) is 0 Å². The van der Waals surface area contributed by atoms with Crippen LogP contribution in [0.5, 0.6) is 5.75 Å². The number of phenols is 1. The second-order valence-electron chi connectivity index (χ2n) is 2.37. The molecule has 0 radical (unpaired) electrons. The molecular formula is C8H15N3O. The number of aromatic hydroxyl groups is 1. The predicted molar refractivity (Wildman–Crippen MR) is 52.2 cm³/mol. The molecule has 0 spiro atoms. The smallest absolute Gasteiger partial charge is 0.115 e. The Bertz CT molecular complexity index is 321. The molecule has 0 bridgehead atoms. The van der Waals surface area contributed by atoms with Gasteiger partial charge in [0.2, 0.25) is 0 Å². The highest BCUT2D eigenvalue weighted by Gasteiger charge is 1.92. The zero-order valence-corrected chi connectivity index (χ0v) is 6.51. The van der Waals surface area contributed by atoms with Crippen LogP contribution in [0.25, 0.3) is 10.4 Å². The van der Waals surface area contributed by atoms with Gasteiger partial charge in [-0.05, 0) is 29.6 Å². The van der Waals surface area contributed by atoms with Gasteiger partial charge in [-0.3, -0.25) is 0 Å². The molecule has 1 N–H and O–H groups in total. The van der Waals surface area contributed by atoms with Crippen LogP contribution in [0.15, 0.2) is 29.4 Å². The first-order valence-corrected chi connectivity index (χ1v) is 3.61. The van der Waals surface area contributed by atoms with Crippen LogP contribution in [0.2, 0.25) is 0 Å². The third-order valence-corrected chi connectivity index (χ3v) is 1.47. The van der Waals surface area contributed by atoms with Gasteiger partial charge >= 0.3 is 0 Å². The zero-order chi connectivity index (χ0) is 14.8. The zero-order valence-electron chi connectivity index (χ0n) is 12.5. The van der Waals surface area contributed by atoms with Gasteiger partial charge in [-0.1, -0.05) is 17.2 Å². The monoisotopic (exact) mass is 175 g/mol. The van der Waals surface area contributed by atoms with Crippen molar-refractivity contribution < 1.29 is 14.0 Å². The lowest BCUT2D eigenvalue weighted by Gasteiger charge is -1.97. The van der Waals surface area contributed by atoms with E-state index in [-0.39, 0.29) is 5.75 Å². The number of hydrogen-bond acceptors (Lipinski definition) is 2. The Morgan fingerprint density at radius 1 is 1.67 bits per heavy atom. The van der Waals surface area contributed by atoms with E-state index in [9.17, 15) is 0 Å². The fourth-order valence-corrected chi connectivity index (χ4v) is 0.936. The lowest BCUT2D eigenvalue weighted by Crippen LogP contribution is -1.86. The number of rotatable bonds is 3. The SMILES string of the molecule is [2H][2H].[2H][2H].[2H][2H].[N-]=[N+]=NCCc1cccc(O)c1. The minimum atomic E-state index is 0.244. The number of nitrogens with zero attached hydrogens (tertiary/aromatic N) is 3. The van der Waals surface area contributed by atoms with Crippen molar-refractivity contribution in [2.24, 2.45) is 5.11 Å². The van der Waals surface area contributed by atoms with E-state index in [2.05, 4.69) is 10.0 Å². The first kappa shape index (κ1) is 5.06. The molecule has 1 aromatic carbocycles. The Kier molecular flexibility index (Phi) is 1.80. The Morgan fingerprint density at radius 3 is 3.17 bits per heavy atom. The van der Waals surface area contributed by atoms with E-state index < -0.39 is 0 Å². The highest BCUT2D eigenvalue weighted by Crippen LogP contribution is 2.10. The van der Waals surface area contributed by atoms with Gasteiger partial charge in [-0.15, -0.1) is 0 Å². The van der Waals surface area contributed by atoms with E-state index in [4.69, 9.17) is 19.5 Å². The van der Waals surface area contributed by atoms with Crippen molar-refractivity contribution in [1.82, 2.24) is 0 Å². The van der Waals surface area contributed by atoms with E-state index in [1.807, 2.05) is 6.07 Å². The quantitative estimate of drug-likeness (QED) is 0.428. The van der Waals surface area contributed by atoms with Crippen LogP contribution in [0.3, 0.4) is 0 Å². The fourth-order valence-electron chi connectivity index (χ4n) is 0.936. The predicted octanol–water partition coefficient (Wildman–Crippen LogP) is 2.98. The van der Waals surface area contributed by atoms with Gasteiger partial charge in [-0.2, -0.15) is 0 Å². The van der Waals surface area contributed by atoms with E-state index in [0.717, 1.165) is 5.56 Å². The average molecular weight is 175 g/mol. The summed E-state index contributed by atoms with van der Waals surface area (Å²) in [6, 6.07) is 6.91. The molecule has 0 fully saturated rings. The highest BCUT2D eigenvalue weighted by molar-refractivity contribution is 5.27. The summed E-state index contributed by atoms with van der Waals surface area (Å²) in [5.41, 5.74) is 8.98. The van der Waals surface area contributed by atoms with Crippen LogP contribution in [0.4, 0.5) is 0 Å². The molecular weight excluding hydrogens is 154 g/mol. The maximum absolute atomic E-state index is 9.07. The molecule has 4 heteroatoms. The van der Waals surface area contributed by atoms with Crippen LogP contribution in [0.1, 0.15) is 14.5 Å². The molecule has 0 aromatic heterocycles. The molecule has 0 aliphatic carbocycles. The van der Waals surface area contributed by atoms with Gasteiger partial charge in [0.05, 0.1) is 0 Å².